The second-order valence-corrected chi connectivity index (χ2v) is 11.2. The van der Waals surface area contributed by atoms with Crippen LogP contribution in [0.4, 0.5) is 0 Å². The Morgan fingerprint density at radius 3 is 2.70 bits per heavy atom. The predicted octanol–water partition coefficient (Wildman–Crippen LogP) is 5.26. The molecule has 2 fully saturated rings. The molecule has 4 atom stereocenters. The maximum Gasteiger partial charge on any atom is 0.303 e. The number of amides is 1. The number of fused-ring (bicyclic) bond motifs is 4. The molecule has 0 aliphatic carbocycles. The lowest BCUT2D eigenvalue weighted by atomic mass is 9.68. The SMILES string of the molecule is Cc1c(C(=O)N2CCC[C@]23CO[C@H]2c4ccccc4O[C@@](C)(CCC(=O)O)[C@@H]2C3)c2ccccc2n1C. The number of rotatable bonds is 4. The summed E-state index contributed by atoms with van der Waals surface area (Å²) in [5.74, 6) is -0.0927. The van der Waals surface area contributed by atoms with Crippen molar-refractivity contribution in [3.05, 3.63) is 65.4 Å². The molecular weight excluding hydrogens is 468 g/mol. The van der Waals surface area contributed by atoms with Crippen molar-refractivity contribution in [3.63, 3.8) is 0 Å². The van der Waals surface area contributed by atoms with E-state index in [1.807, 2.05) is 63.4 Å². The Labute approximate surface area is 217 Å². The van der Waals surface area contributed by atoms with Crippen LogP contribution in [0, 0.1) is 12.8 Å². The smallest absolute Gasteiger partial charge is 0.303 e. The highest BCUT2D eigenvalue weighted by Crippen LogP contribution is 2.55. The first-order valence-corrected chi connectivity index (χ1v) is 13.2. The molecule has 0 radical (unpaired) electrons. The Bertz CT molecular complexity index is 1400. The molecule has 0 unspecified atom stereocenters. The minimum Gasteiger partial charge on any atom is -0.487 e. The van der Waals surface area contributed by atoms with Crippen molar-refractivity contribution in [1.82, 2.24) is 9.47 Å². The number of likely N-dealkylation sites (tertiary alicyclic amines) is 1. The second kappa shape index (κ2) is 8.62. The molecule has 4 heterocycles. The van der Waals surface area contributed by atoms with Crippen LogP contribution in [0.5, 0.6) is 5.75 Å². The van der Waals surface area contributed by atoms with Gasteiger partial charge in [-0.15, -0.1) is 0 Å². The summed E-state index contributed by atoms with van der Waals surface area (Å²) in [5.41, 5.74) is 2.63. The number of hydrogen-bond acceptors (Lipinski definition) is 4. The van der Waals surface area contributed by atoms with E-state index in [4.69, 9.17) is 9.47 Å². The van der Waals surface area contributed by atoms with E-state index in [0.29, 0.717) is 19.6 Å². The number of aryl methyl sites for hydroxylation is 1. The number of carboxylic acid groups (broad SMARTS) is 1. The molecule has 7 nitrogen and oxygen atoms in total. The first kappa shape index (κ1) is 24.0. The summed E-state index contributed by atoms with van der Waals surface area (Å²) in [6.45, 7) is 5.18. The normalized spacial score (nSPS) is 28.7. The Morgan fingerprint density at radius 1 is 1.14 bits per heavy atom. The van der Waals surface area contributed by atoms with Gasteiger partial charge in [-0.05, 0) is 51.7 Å². The van der Waals surface area contributed by atoms with E-state index < -0.39 is 17.1 Å². The number of aliphatic carboxylic acids is 1. The van der Waals surface area contributed by atoms with Gasteiger partial charge < -0.3 is 24.0 Å². The first-order chi connectivity index (χ1) is 17.7. The standard InChI is InChI=1S/C30H34N2O5/c1-19-26(20-9-4-6-11-23(20)31(19)3)28(35)32-16-8-14-30(32)17-22-27(36-18-30)21-10-5-7-12-24(21)37-29(22,2)15-13-25(33)34/h4-7,9-12,22,27H,8,13-18H2,1-3H3,(H,33,34)/t22-,27+,29+,30+/m1/s1. The molecule has 0 bridgehead atoms. The van der Waals surface area contributed by atoms with Gasteiger partial charge in [0.25, 0.3) is 5.91 Å². The predicted molar refractivity (Wildman–Crippen MR) is 140 cm³/mol. The average Bonchev–Trinajstić information content (AvgIpc) is 3.41. The average molecular weight is 503 g/mol. The van der Waals surface area contributed by atoms with Crippen LogP contribution in [0.3, 0.4) is 0 Å². The van der Waals surface area contributed by atoms with Crippen molar-refractivity contribution >= 4 is 22.8 Å². The number of nitrogens with zero attached hydrogens (tertiary/aromatic N) is 2. The fourth-order valence-corrected chi connectivity index (χ4v) is 7.05. The summed E-state index contributed by atoms with van der Waals surface area (Å²) in [7, 11) is 2.01. The molecule has 7 heteroatoms. The lowest BCUT2D eigenvalue weighted by Gasteiger charge is -2.54. The van der Waals surface area contributed by atoms with Crippen LogP contribution < -0.4 is 4.74 Å². The Balaban J connectivity index is 1.38. The zero-order chi connectivity index (χ0) is 25.9. The molecule has 6 rings (SSSR count). The van der Waals surface area contributed by atoms with Crippen molar-refractivity contribution in [2.24, 2.45) is 13.0 Å². The van der Waals surface area contributed by atoms with E-state index in [1.54, 1.807) is 0 Å². The van der Waals surface area contributed by atoms with Gasteiger partial charge in [0.2, 0.25) is 0 Å². The van der Waals surface area contributed by atoms with Gasteiger partial charge in [-0.25, -0.2) is 0 Å². The fourth-order valence-electron chi connectivity index (χ4n) is 7.05. The van der Waals surface area contributed by atoms with Gasteiger partial charge in [0.1, 0.15) is 11.4 Å². The molecule has 3 aliphatic heterocycles. The fraction of sp³-hybridized carbons (Fsp3) is 0.467. The summed E-state index contributed by atoms with van der Waals surface area (Å²) in [6.07, 6.45) is 2.71. The van der Waals surface area contributed by atoms with Crippen LogP contribution in [-0.2, 0) is 16.6 Å². The van der Waals surface area contributed by atoms with Gasteiger partial charge in [0.15, 0.2) is 0 Å². The molecule has 194 valence electrons. The van der Waals surface area contributed by atoms with E-state index in [1.165, 1.54) is 0 Å². The Hall–Kier alpha value is -3.32. The van der Waals surface area contributed by atoms with E-state index in [-0.39, 0.29) is 24.3 Å². The van der Waals surface area contributed by atoms with Crippen molar-refractivity contribution in [1.29, 1.82) is 0 Å². The topological polar surface area (TPSA) is 81.0 Å². The number of carboxylic acids is 1. The highest BCUT2D eigenvalue weighted by Gasteiger charge is 2.57. The molecule has 3 aromatic rings. The molecule has 1 N–H and O–H groups in total. The van der Waals surface area contributed by atoms with Gasteiger partial charge in [-0.2, -0.15) is 0 Å². The van der Waals surface area contributed by atoms with Gasteiger partial charge in [0.05, 0.1) is 23.8 Å². The summed E-state index contributed by atoms with van der Waals surface area (Å²) in [6, 6.07) is 16.0. The minimum absolute atomic E-state index is 0.0206. The third-order valence-electron chi connectivity index (χ3n) is 9.14. The molecule has 0 saturated carbocycles. The largest absolute Gasteiger partial charge is 0.487 e. The summed E-state index contributed by atoms with van der Waals surface area (Å²) < 4.78 is 15.3. The molecular formula is C30H34N2O5. The van der Waals surface area contributed by atoms with Crippen LogP contribution in [-0.4, -0.2) is 50.7 Å². The molecule has 1 aromatic heterocycles. The van der Waals surface area contributed by atoms with E-state index >= 15 is 0 Å². The van der Waals surface area contributed by atoms with E-state index in [9.17, 15) is 14.7 Å². The maximum atomic E-state index is 14.3. The number of aromatic nitrogens is 1. The summed E-state index contributed by atoms with van der Waals surface area (Å²) in [5, 5.41) is 10.4. The van der Waals surface area contributed by atoms with Gasteiger partial charge in [-0.3, -0.25) is 9.59 Å². The quantitative estimate of drug-likeness (QED) is 0.527. The molecule has 2 aromatic carbocycles. The zero-order valence-electron chi connectivity index (χ0n) is 21.7. The van der Waals surface area contributed by atoms with Crippen LogP contribution in [0.15, 0.2) is 48.5 Å². The van der Waals surface area contributed by atoms with Gasteiger partial charge in [0, 0.05) is 48.1 Å². The van der Waals surface area contributed by atoms with Crippen molar-refractivity contribution in [2.45, 2.75) is 63.2 Å². The van der Waals surface area contributed by atoms with Crippen molar-refractivity contribution in [2.75, 3.05) is 13.2 Å². The molecule has 1 amide bonds. The monoisotopic (exact) mass is 502 g/mol. The highest BCUT2D eigenvalue weighted by atomic mass is 16.5. The van der Waals surface area contributed by atoms with Crippen LogP contribution in [0.2, 0.25) is 0 Å². The van der Waals surface area contributed by atoms with Crippen molar-refractivity contribution < 1.29 is 24.2 Å². The zero-order valence-corrected chi connectivity index (χ0v) is 21.7. The van der Waals surface area contributed by atoms with E-state index in [0.717, 1.165) is 52.7 Å². The maximum absolute atomic E-state index is 14.3. The first-order valence-electron chi connectivity index (χ1n) is 13.2. The molecule has 1 spiro atoms. The van der Waals surface area contributed by atoms with Crippen LogP contribution >= 0.6 is 0 Å². The van der Waals surface area contributed by atoms with Crippen LogP contribution in [0.25, 0.3) is 10.9 Å². The summed E-state index contributed by atoms with van der Waals surface area (Å²) in [4.78, 5) is 27.8. The Morgan fingerprint density at radius 2 is 1.89 bits per heavy atom. The lowest BCUT2D eigenvalue weighted by Crippen LogP contribution is -2.60. The van der Waals surface area contributed by atoms with Crippen molar-refractivity contribution in [3.8, 4) is 5.75 Å². The van der Waals surface area contributed by atoms with E-state index in [2.05, 4.69) is 15.5 Å². The second-order valence-electron chi connectivity index (χ2n) is 11.2. The van der Waals surface area contributed by atoms with Crippen LogP contribution in [0.1, 0.15) is 66.7 Å². The number of benzene rings is 2. The lowest BCUT2D eigenvalue weighted by molar-refractivity contribution is -0.169. The number of hydrogen-bond donors (Lipinski definition) is 1. The molecule has 2 saturated heterocycles. The van der Waals surface area contributed by atoms with Gasteiger partial charge in [-0.1, -0.05) is 36.4 Å². The number of carbonyl (C=O) groups is 2. The minimum atomic E-state index is -0.837. The number of para-hydroxylation sites is 2. The number of carbonyl (C=O) groups excluding carboxylic acids is 1. The third-order valence-corrected chi connectivity index (χ3v) is 9.14. The number of ether oxygens (including phenoxy) is 2. The van der Waals surface area contributed by atoms with Gasteiger partial charge >= 0.3 is 5.97 Å². The molecule has 3 aliphatic rings. The third kappa shape index (κ3) is 3.66. The molecule has 37 heavy (non-hydrogen) atoms. The Kier molecular flexibility index (Phi) is 5.60. The summed E-state index contributed by atoms with van der Waals surface area (Å²) >= 11 is 0. The highest BCUT2D eigenvalue weighted by molar-refractivity contribution is 6.08.